The zero-order valence-electron chi connectivity index (χ0n) is 16.1. The molecule has 0 fully saturated rings. The van der Waals surface area contributed by atoms with Crippen molar-refractivity contribution >= 4 is 34.0 Å². The van der Waals surface area contributed by atoms with Gasteiger partial charge in [-0.1, -0.05) is 18.2 Å². The van der Waals surface area contributed by atoms with Crippen LogP contribution in [0.15, 0.2) is 69.7 Å². The van der Waals surface area contributed by atoms with Crippen LogP contribution < -0.4 is 21.3 Å². The number of nitrogens with one attached hydrogen (secondary N) is 1. The van der Waals surface area contributed by atoms with E-state index in [1.807, 2.05) is 17.5 Å². The monoisotopic (exact) mass is 422 g/mol. The van der Waals surface area contributed by atoms with Gasteiger partial charge in [0.2, 0.25) is 5.91 Å². The lowest BCUT2D eigenvalue weighted by Gasteiger charge is -2.14. The van der Waals surface area contributed by atoms with Gasteiger partial charge in [-0.25, -0.2) is 9.78 Å². The molecule has 4 aromatic rings. The first-order valence-corrected chi connectivity index (χ1v) is 10.00. The van der Waals surface area contributed by atoms with Crippen molar-refractivity contribution in [2.45, 2.75) is 13.1 Å². The summed E-state index contributed by atoms with van der Waals surface area (Å²) >= 11 is 1.44. The maximum Gasteiger partial charge on any atom is 0.332 e. The van der Waals surface area contributed by atoms with Gasteiger partial charge in [-0.2, -0.15) is 0 Å². The van der Waals surface area contributed by atoms with Crippen molar-refractivity contribution in [2.24, 2.45) is 0 Å². The predicted octanol–water partition coefficient (Wildman–Crippen LogP) is 2.32. The second-order valence-electron chi connectivity index (χ2n) is 6.46. The zero-order chi connectivity index (χ0) is 21.1. The molecule has 0 saturated heterocycles. The summed E-state index contributed by atoms with van der Waals surface area (Å²) in [7, 11) is 1.51. The smallest absolute Gasteiger partial charge is 0.332 e. The number of fused-ring (bicyclic) bond motifs is 1. The van der Waals surface area contributed by atoms with Gasteiger partial charge in [0.05, 0.1) is 24.9 Å². The Morgan fingerprint density at radius 3 is 2.70 bits per heavy atom. The van der Waals surface area contributed by atoms with Crippen LogP contribution in [0.2, 0.25) is 0 Å². The summed E-state index contributed by atoms with van der Waals surface area (Å²) in [4.78, 5) is 43.7. The molecule has 0 aliphatic carbocycles. The lowest BCUT2D eigenvalue weighted by atomic mass is 10.3. The van der Waals surface area contributed by atoms with Crippen LogP contribution in [0.1, 0.15) is 4.88 Å². The van der Waals surface area contributed by atoms with Gasteiger partial charge < -0.3 is 10.1 Å². The number of hydrogen-bond acceptors (Lipinski definition) is 6. The number of carbonyl (C=O) groups is 1. The molecule has 0 radical (unpaired) electrons. The number of methoxy groups -OCH3 is 1. The number of pyridine rings is 1. The molecule has 8 nitrogen and oxygen atoms in total. The molecule has 0 saturated carbocycles. The van der Waals surface area contributed by atoms with Crippen LogP contribution >= 0.6 is 11.3 Å². The third kappa shape index (κ3) is 3.74. The molecule has 0 spiro atoms. The van der Waals surface area contributed by atoms with Gasteiger partial charge >= 0.3 is 5.69 Å². The van der Waals surface area contributed by atoms with Crippen LogP contribution in [0.25, 0.3) is 11.0 Å². The quantitative estimate of drug-likeness (QED) is 0.515. The summed E-state index contributed by atoms with van der Waals surface area (Å²) in [5.74, 6) is 0.0838. The largest absolute Gasteiger partial charge is 0.495 e. The molecular formula is C21H18N4O4S. The Morgan fingerprint density at radius 2 is 1.93 bits per heavy atom. The highest BCUT2D eigenvalue weighted by Gasteiger charge is 2.17. The zero-order valence-corrected chi connectivity index (χ0v) is 16.9. The van der Waals surface area contributed by atoms with Gasteiger partial charge in [0, 0.05) is 11.1 Å². The first kappa shape index (κ1) is 19.6. The van der Waals surface area contributed by atoms with E-state index in [1.165, 1.54) is 29.2 Å². The number of amides is 1. The number of carbonyl (C=O) groups excluding carboxylic acids is 1. The van der Waals surface area contributed by atoms with Gasteiger partial charge in [0.15, 0.2) is 5.52 Å². The average Bonchev–Trinajstić information content (AvgIpc) is 3.28. The van der Waals surface area contributed by atoms with E-state index < -0.39 is 17.2 Å². The number of rotatable bonds is 6. The third-order valence-corrected chi connectivity index (χ3v) is 5.42. The molecule has 3 aromatic heterocycles. The molecule has 152 valence electrons. The normalized spacial score (nSPS) is 10.8. The Bertz CT molecular complexity index is 1330. The van der Waals surface area contributed by atoms with Gasteiger partial charge in [-0.3, -0.25) is 18.7 Å². The first-order valence-electron chi connectivity index (χ1n) is 9.12. The Hall–Kier alpha value is -3.72. The molecule has 0 atom stereocenters. The number of hydrogen-bond donors (Lipinski definition) is 1. The molecule has 0 unspecified atom stereocenters. The molecule has 1 aromatic carbocycles. The molecule has 30 heavy (non-hydrogen) atoms. The van der Waals surface area contributed by atoms with Crippen molar-refractivity contribution in [1.82, 2.24) is 14.1 Å². The van der Waals surface area contributed by atoms with Gasteiger partial charge in [0.25, 0.3) is 5.56 Å². The van der Waals surface area contributed by atoms with E-state index in [4.69, 9.17) is 4.74 Å². The average molecular weight is 422 g/mol. The number of anilines is 1. The van der Waals surface area contributed by atoms with Crippen molar-refractivity contribution in [1.29, 1.82) is 0 Å². The standard InChI is InChI=1S/C21H18N4O4S/c1-29-17-9-3-2-7-15(17)23-18(26)13-24-16-8-4-10-22-19(16)20(27)25(21(24)28)12-14-6-5-11-30-14/h2-11H,12-13H2,1H3,(H,23,26). The molecule has 9 heteroatoms. The van der Waals surface area contributed by atoms with Crippen LogP contribution in [0.5, 0.6) is 5.75 Å². The van der Waals surface area contributed by atoms with Crippen molar-refractivity contribution < 1.29 is 9.53 Å². The summed E-state index contributed by atoms with van der Waals surface area (Å²) in [6.07, 6.45) is 1.49. The summed E-state index contributed by atoms with van der Waals surface area (Å²) in [6, 6.07) is 13.9. The molecule has 0 aliphatic rings. The fraction of sp³-hybridized carbons (Fsp3) is 0.143. The molecule has 1 N–H and O–H groups in total. The van der Waals surface area contributed by atoms with Crippen LogP contribution in [0.3, 0.4) is 0 Å². The van der Waals surface area contributed by atoms with Gasteiger partial charge in [0.1, 0.15) is 12.3 Å². The number of aromatic nitrogens is 3. The highest BCUT2D eigenvalue weighted by molar-refractivity contribution is 7.09. The fourth-order valence-electron chi connectivity index (χ4n) is 3.17. The maximum atomic E-state index is 13.1. The topological polar surface area (TPSA) is 95.2 Å². The van der Waals surface area contributed by atoms with Crippen LogP contribution in [0.4, 0.5) is 5.69 Å². The molecule has 0 bridgehead atoms. The lowest BCUT2D eigenvalue weighted by Crippen LogP contribution is -2.42. The van der Waals surface area contributed by atoms with Gasteiger partial charge in [-0.15, -0.1) is 11.3 Å². The van der Waals surface area contributed by atoms with E-state index >= 15 is 0 Å². The Labute approximate surface area is 175 Å². The summed E-state index contributed by atoms with van der Waals surface area (Å²) in [6.45, 7) is -0.153. The SMILES string of the molecule is COc1ccccc1NC(=O)Cn1c(=O)n(Cc2cccs2)c(=O)c2ncccc21. The second kappa shape index (κ2) is 8.34. The number of thiophene rings is 1. The van der Waals surface area contributed by atoms with Crippen molar-refractivity contribution in [3.8, 4) is 5.75 Å². The minimum Gasteiger partial charge on any atom is -0.495 e. The van der Waals surface area contributed by atoms with Crippen molar-refractivity contribution in [3.05, 3.63) is 85.8 Å². The molecular weight excluding hydrogens is 404 g/mol. The first-order chi connectivity index (χ1) is 14.6. The Balaban J connectivity index is 1.75. The number of para-hydroxylation sites is 2. The van der Waals surface area contributed by atoms with E-state index in [2.05, 4.69) is 10.3 Å². The minimum atomic E-state index is -0.566. The Morgan fingerprint density at radius 1 is 1.10 bits per heavy atom. The predicted molar refractivity (Wildman–Crippen MR) is 115 cm³/mol. The van der Waals surface area contributed by atoms with E-state index in [9.17, 15) is 14.4 Å². The minimum absolute atomic E-state index is 0.121. The van der Waals surface area contributed by atoms with E-state index in [1.54, 1.807) is 36.4 Å². The highest BCUT2D eigenvalue weighted by atomic mass is 32.1. The molecule has 0 aliphatic heterocycles. The third-order valence-electron chi connectivity index (χ3n) is 4.56. The number of benzene rings is 1. The lowest BCUT2D eigenvalue weighted by molar-refractivity contribution is -0.116. The second-order valence-corrected chi connectivity index (χ2v) is 7.49. The van der Waals surface area contributed by atoms with Crippen LogP contribution in [0, 0.1) is 0 Å². The summed E-state index contributed by atoms with van der Waals surface area (Å²) in [5.41, 5.74) is -0.106. The maximum absolute atomic E-state index is 13.1. The molecule has 3 heterocycles. The van der Waals surface area contributed by atoms with Crippen LogP contribution in [-0.4, -0.2) is 27.1 Å². The van der Waals surface area contributed by atoms with E-state index in [-0.39, 0.29) is 18.6 Å². The number of nitrogens with zero attached hydrogens (tertiary/aromatic N) is 3. The fourth-order valence-corrected chi connectivity index (χ4v) is 3.87. The summed E-state index contributed by atoms with van der Waals surface area (Å²) in [5, 5.41) is 4.63. The van der Waals surface area contributed by atoms with E-state index in [0.29, 0.717) is 17.0 Å². The molecule has 4 rings (SSSR count). The summed E-state index contributed by atoms with van der Waals surface area (Å²) < 4.78 is 7.62. The highest BCUT2D eigenvalue weighted by Crippen LogP contribution is 2.23. The van der Waals surface area contributed by atoms with Crippen molar-refractivity contribution in [2.75, 3.05) is 12.4 Å². The molecule has 1 amide bonds. The van der Waals surface area contributed by atoms with Crippen molar-refractivity contribution in [3.63, 3.8) is 0 Å². The Kier molecular flexibility index (Phi) is 5.44. The van der Waals surface area contributed by atoms with Crippen LogP contribution in [-0.2, 0) is 17.9 Å². The number of ether oxygens (including phenoxy) is 1. The van der Waals surface area contributed by atoms with E-state index in [0.717, 1.165) is 9.44 Å². The van der Waals surface area contributed by atoms with Gasteiger partial charge in [-0.05, 0) is 35.7 Å².